The number of fused-ring (bicyclic) bond motifs is 1. The van der Waals surface area contributed by atoms with Crippen molar-refractivity contribution in [1.82, 2.24) is 4.98 Å². The number of para-hydroxylation sites is 1. The molecule has 5 rings (SSSR count). The van der Waals surface area contributed by atoms with Crippen LogP contribution < -0.4 is 14.2 Å². The fourth-order valence-electron chi connectivity index (χ4n) is 4.01. The molecule has 1 heterocycles. The van der Waals surface area contributed by atoms with Crippen LogP contribution in [-0.4, -0.2) is 11.6 Å². The second kappa shape index (κ2) is 11.9. The second-order valence-electron chi connectivity index (χ2n) is 8.59. The van der Waals surface area contributed by atoms with Gasteiger partial charge in [0.2, 0.25) is 0 Å². The molecule has 0 spiro atoms. The van der Waals surface area contributed by atoms with Gasteiger partial charge in [-0.25, -0.2) is 4.98 Å². The number of rotatable bonds is 10. The van der Waals surface area contributed by atoms with Gasteiger partial charge >= 0.3 is 0 Å². The van der Waals surface area contributed by atoms with E-state index in [1.807, 2.05) is 116 Å². The lowest BCUT2D eigenvalue weighted by atomic mass is 10.1. The summed E-state index contributed by atoms with van der Waals surface area (Å²) in [5.41, 5.74) is 4.90. The highest BCUT2D eigenvalue weighted by atomic mass is 16.5. The zero-order valence-corrected chi connectivity index (χ0v) is 20.8. The molecule has 37 heavy (non-hydrogen) atoms. The molecule has 0 unspecified atom stereocenters. The van der Waals surface area contributed by atoms with Gasteiger partial charge in [-0.15, -0.1) is 0 Å². The maximum atomic E-state index is 6.23. The normalized spacial score (nSPS) is 11.1. The van der Waals surface area contributed by atoms with Gasteiger partial charge in [0.1, 0.15) is 24.7 Å². The molecule has 4 aromatic carbocycles. The van der Waals surface area contributed by atoms with Gasteiger partial charge in [0.25, 0.3) is 0 Å². The van der Waals surface area contributed by atoms with Gasteiger partial charge < -0.3 is 14.2 Å². The van der Waals surface area contributed by atoms with Crippen LogP contribution in [0.4, 0.5) is 0 Å². The number of ether oxygens (including phenoxy) is 3. The minimum Gasteiger partial charge on any atom is -0.492 e. The Morgan fingerprint density at radius 2 is 1.24 bits per heavy atom. The summed E-state index contributed by atoms with van der Waals surface area (Å²) in [7, 11) is 0. The van der Waals surface area contributed by atoms with E-state index in [0.29, 0.717) is 31.3 Å². The van der Waals surface area contributed by atoms with Crippen LogP contribution in [0.2, 0.25) is 0 Å². The Morgan fingerprint density at radius 3 is 1.95 bits per heavy atom. The Balaban J connectivity index is 1.41. The van der Waals surface area contributed by atoms with E-state index in [9.17, 15) is 0 Å². The molecule has 0 aliphatic carbocycles. The lowest BCUT2D eigenvalue weighted by Gasteiger charge is -2.14. The number of aromatic nitrogens is 1. The van der Waals surface area contributed by atoms with Crippen LogP contribution in [0, 0.1) is 0 Å². The van der Waals surface area contributed by atoms with Crippen LogP contribution in [0.25, 0.3) is 23.1 Å². The van der Waals surface area contributed by atoms with E-state index in [2.05, 4.69) is 12.1 Å². The highest BCUT2D eigenvalue weighted by Crippen LogP contribution is 2.31. The smallest absolute Gasteiger partial charge is 0.162 e. The third-order valence-electron chi connectivity index (χ3n) is 5.89. The van der Waals surface area contributed by atoms with E-state index in [0.717, 1.165) is 39.0 Å². The van der Waals surface area contributed by atoms with Crippen molar-refractivity contribution in [3.8, 4) is 17.2 Å². The molecule has 0 saturated heterocycles. The van der Waals surface area contributed by atoms with Crippen LogP contribution in [0.1, 0.15) is 29.3 Å². The monoisotopic (exact) mass is 487 g/mol. The van der Waals surface area contributed by atoms with Crippen molar-refractivity contribution in [2.75, 3.05) is 6.61 Å². The maximum absolute atomic E-state index is 6.23. The van der Waals surface area contributed by atoms with Gasteiger partial charge in [-0.2, -0.15) is 0 Å². The van der Waals surface area contributed by atoms with Crippen molar-refractivity contribution in [2.24, 2.45) is 0 Å². The average Bonchev–Trinajstić information content (AvgIpc) is 2.95. The number of nitrogens with zero attached hydrogens (tertiary/aromatic N) is 1. The fraction of sp³-hybridized carbons (Fsp3) is 0.121. The summed E-state index contributed by atoms with van der Waals surface area (Å²) in [6, 6.07) is 36.3. The maximum Gasteiger partial charge on any atom is 0.162 e. The standard InChI is InChI=1S/C33H29NO3/c1-2-35-32-22-28-15-9-10-16-29(28)34-30(32)19-17-25-18-20-31(36-23-26-11-5-3-6-12-26)33(21-25)37-24-27-13-7-4-8-14-27/h3-22H,2,23-24H2,1H3/b19-17+. The summed E-state index contributed by atoms with van der Waals surface area (Å²) >= 11 is 0. The molecule has 184 valence electrons. The van der Waals surface area contributed by atoms with Gasteiger partial charge in [0, 0.05) is 5.39 Å². The highest BCUT2D eigenvalue weighted by molar-refractivity contribution is 5.83. The largest absolute Gasteiger partial charge is 0.492 e. The number of benzene rings is 4. The van der Waals surface area contributed by atoms with Crippen molar-refractivity contribution in [3.63, 3.8) is 0 Å². The predicted octanol–water partition coefficient (Wildman–Crippen LogP) is 7.96. The van der Waals surface area contributed by atoms with Gasteiger partial charge in [-0.05, 0) is 54.0 Å². The van der Waals surface area contributed by atoms with E-state index >= 15 is 0 Å². The van der Waals surface area contributed by atoms with Gasteiger partial charge in [-0.1, -0.05) is 91.0 Å². The first kappa shape index (κ1) is 24.1. The van der Waals surface area contributed by atoms with Crippen molar-refractivity contribution < 1.29 is 14.2 Å². The molecule has 1 aromatic heterocycles. The minimum absolute atomic E-state index is 0.455. The number of pyridine rings is 1. The second-order valence-corrected chi connectivity index (χ2v) is 8.59. The van der Waals surface area contributed by atoms with Gasteiger partial charge in [0.05, 0.1) is 12.1 Å². The summed E-state index contributed by atoms with van der Waals surface area (Å²) in [5, 5.41) is 1.06. The quantitative estimate of drug-likeness (QED) is 0.200. The summed E-state index contributed by atoms with van der Waals surface area (Å²) in [6.45, 7) is 3.48. The topological polar surface area (TPSA) is 40.6 Å². The lowest BCUT2D eigenvalue weighted by Crippen LogP contribution is -2.01. The molecule has 0 amide bonds. The molecule has 4 heteroatoms. The van der Waals surface area contributed by atoms with Crippen LogP contribution in [-0.2, 0) is 13.2 Å². The summed E-state index contributed by atoms with van der Waals surface area (Å²) in [5.74, 6) is 2.16. The summed E-state index contributed by atoms with van der Waals surface area (Å²) in [4.78, 5) is 4.82. The first-order valence-electron chi connectivity index (χ1n) is 12.5. The zero-order chi connectivity index (χ0) is 25.3. The molecule has 0 bridgehead atoms. The minimum atomic E-state index is 0.455. The van der Waals surface area contributed by atoms with Crippen LogP contribution in [0.3, 0.4) is 0 Å². The summed E-state index contributed by atoms with van der Waals surface area (Å²) in [6.07, 6.45) is 4.01. The van der Waals surface area contributed by atoms with Crippen molar-refractivity contribution in [1.29, 1.82) is 0 Å². The summed E-state index contributed by atoms with van der Waals surface area (Å²) < 4.78 is 18.3. The molecule has 0 N–H and O–H groups in total. The van der Waals surface area contributed by atoms with Crippen LogP contribution >= 0.6 is 0 Å². The van der Waals surface area contributed by atoms with E-state index in [1.54, 1.807) is 0 Å². The molecule has 0 aliphatic rings. The third kappa shape index (κ3) is 6.36. The highest BCUT2D eigenvalue weighted by Gasteiger charge is 2.09. The average molecular weight is 488 g/mol. The van der Waals surface area contributed by atoms with E-state index in [4.69, 9.17) is 19.2 Å². The first-order valence-corrected chi connectivity index (χ1v) is 12.5. The molecular weight excluding hydrogens is 458 g/mol. The third-order valence-corrected chi connectivity index (χ3v) is 5.89. The molecular formula is C33H29NO3. The molecule has 5 aromatic rings. The molecule has 0 radical (unpaired) electrons. The molecule has 0 atom stereocenters. The van der Waals surface area contributed by atoms with Crippen molar-refractivity contribution in [2.45, 2.75) is 20.1 Å². The van der Waals surface area contributed by atoms with Gasteiger partial charge in [-0.3, -0.25) is 0 Å². The Bertz CT molecular complexity index is 1480. The fourth-order valence-corrected chi connectivity index (χ4v) is 4.01. The van der Waals surface area contributed by atoms with E-state index in [-0.39, 0.29) is 0 Å². The van der Waals surface area contributed by atoms with E-state index < -0.39 is 0 Å². The Hall–Kier alpha value is -4.57. The molecule has 4 nitrogen and oxygen atoms in total. The first-order chi connectivity index (χ1) is 18.3. The zero-order valence-electron chi connectivity index (χ0n) is 20.8. The van der Waals surface area contributed by atoms with E-state index in [1.165, 1.54) is 0 Å². The SMILES string of the molecule is CCOc1cc2ccccc2nc1/C=C/c1ccc(OCc2ccccc2)c(OCc2ccccc2)c1. The molecule has 0 aliphatic heterocycles. The Labute approximate surface area is 217 Å². The predicted molar refractivity (Wildman–Crippen MR) is 150 cm³/mol. The van der Waals surface area contributed by atoms with Gasteiger partial charge in [0.15, 0.2) is 11.5 Å². The Kier molecular flexibility index (Phi) is 7.77. The lowest BCUT2D eigenvalue weighted by molar-refractivity contribution is 0.256. The molecule has 0 fully saturated rings. The Morgan fingerprint density at radius 1 is 0.595 bits per heavy atom. The van der Waals surface area contributed by atoms with Crippen molar-refractivity contribution >= 4 is 23.1 Å². The van der Waals surface area contributed by atoms with Crippen LogP contribution in [0.15, 0.2) is 109 Å². The van der Waals surface area contributed by atoms with Crippen molar-refractivity contribution in [3.05, 3.63) is 132 Å². The van der Waals surface area contributed by atoms with Crippen LogP contribution in [0.5, 0.6) is 17.2 Å². The molecule has 0 saturated carbocycles. The number of hydrogen-bond donors (Lipinski definition) is 0. The number of hydrogen-bond acceptors (Lipinski definition) is 4.